The quantitative estimate of drug-likeness (QED) is 0.820. The van der Waals surface area contributed by atoms with Crippen LogP contribution in [0.5, 0.6) is 0 Å². The van der Waals surface area contributed by atoms with E-state index < -0.39 is 0 Å². The smallest absolute Gasteiger partial charge is 0.221 e. The molecule has 1 aliphatic heterocycles. The number of thioether (sulfide) groups is 1. The molecule has 0 spiro atoms. The predicted octanol–water partition coefficient (Wildman–Crippen LogP) is 2.60. The SMILES string of the molecule is Cl.O=C(CCSc1ccc(F)cc1)NC1CCCNC1. The number of hydrogen-bond acceptors (Lipinski definition) is 3. The fourth-order valence-corrected chi connectivity index (χ4v) is 2.92. The Labute approximate surface area is 129 Å². The molecular weight excluding hydrogens is 299 g/mol. The maximum Gasteiger partial charge on any atom is 0.221 e. The van der Waals surface area contributed by atoms with Gasteiger partial charge in [0.15, 0.2) is 0 Å². The number of carbonyl (C=O) groups excluding carboxylic acids is 1. The zero-order valence-electron chi connectivity index (χ0n) is 11.2. The topological polar surface area (TPSA) is 41.1 Å². The minimum absolute atomic E-state index is 0. The summed E-state index contributed by atoms with van der Waals surface area (Å²) in [6.45, 7) is 1.92. The fraction of sp³-hybridized carbons (Fsp3) is 0.500. The average molecular weight is 319 g/mol. The van der Waals surface area contributed by atoms with Gasteiger partial charge >= 0.3 is 0 Å². The Bertz CT molecular complexity index is 410. The Morgan fingerprint density at radius 1 is 1.40 bits per heavy atom. The van der Waals surface area contributed by atoms with E-state index in [0.29, 0.717) is 6.42 Å². The van der Waals surface area contributed by atoms with Crippen molar-refractivity contribution in [2.75, 3.05) is 18.8 Å². The monoisotopic (exact) mass is 318 g/mol. The van der Waals surface area contributed by atoms with Crippen LogP contribution in [0.15, 0.2) is 29.2 Å². The van der Waals surface area contributed by atoms with E-state index in [4.69, 9.17) is 0 Å². The summed E-state index contributed by atoms with van der Waals surface area (Å²) in [6.07, 6.45) is 2.68. The van der Waals surface area contributed by atoms with Crippen molar-refractivity contribution in [3.63, 3.8) is 0 Å². The Hall–Kier alpha value is -0.780. The van der Waals surface area contributed by atoms with Crippen LogP contribution in [0.25, 0.3) is 0 Å². The highest BCUT2D eigenvalue weighted by molar-refractivity contribution is 7.99. The van der Waals surface area contributed by atoms with Crippen LogP contribution in [-0.4, -0.2) is 30.8 Å². The molecule has 1 aromatic carbocycles. The minimum atomic E-state index is -0.230. The van der Waals surface area contributed by atoms with Gasteiger partial charge in [-0.1, -0.05) is 0 Å². The van der Waals surface area contributed by atoms with Gasteiger partial charge in [0, 0.05) is 29.7 Å². The van der Waals surface area contributed by atoms with E-state index in [1.54, 1.807) is 23.9 Å². The lowest BCUT2D eigenvalue weighted by atomic mass is 10.1. The lowest BCUT2D eigenvalue weighted by Crippen LogP contribution is -2.45. The molecule has 1 aliphatic rings. The number of hydrogen-bond donors (Lipinski definition) is 2. The molecule has 112 valence electrons. The normalized spacial score (nSPS) is 18.1. The van der Waals surface area contributed by atoms with Crippen LogP contribution in [0.1, 0.15) is 19.3 Å². The van der Waals surface area contributed by atoms with Gasteiger partial charge in [0.2, 0.25) is 5.91 Å². The highest BCUT2D eigenvalue weighted by Crippen LogP contribution is 2.18. The highest BCUT2D eigenvalue weighted by atomic mass is 35.5. The molecule has 0 saturated carbocycles. The number of amides is 1. The van der Waals surface area contributed by atoms with Crippen LogP contribution in [0.2, 0.25) is 0 Å². The first kappa shape index (κ1) is 17.3. The third kappa shape index (κ3) is 6.11. The van der Waals surface area contributed by atoms with Crippen LogP contribution in [0, 0.1) is 5.82 Å². The average Bonchev–Trinajstić information content (AvgIpc) is 2.42. The van der Waals surface area contributed by atoms with Crippen molar-refractivity contribution < 1.29 is 9.18 Å². The number of rotatable bonds is 5. The molecule has 0 radical (unpaired) electrons. The van der Waals surface area contributed by atoms with Crippen molar-refractivity contribution in [3.05, 3.63) is 30.1 Å². The first-order chi connectivity index (χ1) is 9.24. The molecule has 1 atom stereocenters. The van der Waals surface area contributed by atoms with E-state index in [1.165, 1.54) is 12.1 Å². The summed E-state index contributed by atoms with van der Waals surface area (Å²) in [5.41, 5.74) is 0. The van der Waals surface area contributed by atoms with Gasteiger partial charge in [-0.15, -0.1) is 24.2 Å². The fourth-order valence-electron chi connectivity index (χ4n) is 2.07. The number of piperidine rings is 1. The van der Waals surface area contributed by atoms with E-state index in [0.717, 1.165) is 36.6 Å². The largest absolute Gasteiger partial charge is 0.352 e. The summed E-state index contributed by atoms with van der Waals surface area (Å²) in [6, 6.07) is 6.63. The second kappa shape index (κ2) is 9.21. The summed E-state index contributed by atoms with van der Waals surface area (Å²) in [5, 5.41) is 6.31. The molecule has 1 fully saturated rings. The van der Waals surface area contributed by atoms with Gasteiger partial charge < -0.3 is 10.6 Å². The predicted molar refractivity (Wildman–Crippen MR) is 83.0 cm³/mol. The van der Waals surface area contributed by atoms with Crippen molar-refractivity contribution in [2.24, 2.45) is 0 Å². The van der Waals surface area contributed by atoms with Crippen molar-refractivity contribution >= 4 is 30.1 Å². The maximum absolute atomic E-state index is 12.7. The molecule has 3 nitrogen and oxygen atoms in total. The van der Waals surface area contributed by atoms with E-state index in [1.807, 2.05) is 0 Å². The molecule has 1 amide bonds. The van der Waals surface area contributed by atoms with Gasteiger partial charge in [0.1, 0.15) is 5.82 Å². The van der Waals surface area contributed by atoms with Crippen LogP contribution in [-0.2, 0) is 4.79 Å². The molecule has 0 bridgehead atoms. The van der Waals surface area contributed by atoms with Gasteiger partial charge in [-0.2, -0.15) is 0 Å². The lowest BCUT2D eigenvalue weighted by Gasteiger charge is -2.23. The minimum Gasteiger partial charge on any atom is -0.352 e. The molecule has 2 rings (SSSR count). The number of halogens is 2. The second-order valence-electron chi connectivity index (χ2n) is 4.66. The summed E-state index contributed by atoms with van der Waals surface area (Å²) in [4.78, 5) is 12.7. The van der Waals surface area contributed by atoms with E-state index in [9.17, 15) is 9.18 Å². The Kier molecular flexibility index (Phi) is 7.95. The van der Waals surface area contributed by atoms with Gasteiger partial charge in [-0.25, -0.2) is 4.39 Å². The standard InChI is InChI=1S/C14H19FN2OS.ClH/c15-11-3-5-13(6-4-11)19-9-7-14(18)17-12-2-1-8-16-10-12;/h3-6,12,16H,1-2,7-10H2,(H,17,18);1H. The molecular formula is C14H20ClFN2OS. The molecule has 1 unspecified atom stereocenters. The number of nitrogens with one attached hydrogen (secondary N) is 2. The first-order valence-electron chi connectivity index (χ1n) is 6.62. The maximum atomic E-state index is 12.7. The van der Waals surface area contributed by atoms with Crippen LogP contribution < -0.4 is 10.6 Å². The highest BCUT2D eigenvalue weighted by Gasteiger charge is 2.14. The molecule has 6 heteroatoms. The third-order valence-electron chi connectivity index (χ3n) is 3.07. The number of benzene rings is 1. The summed E-state index contributed by atoms with van der Waals surface area (Å²) in [7, 11) is 0. The summed E-state index contributed by atoms with van der Waals surface area (Å²) in [5.74, 6) is 0.590. The zero-order valence-corrected chi connectivity index (χ0v) is 12.9. The van der Waals surface area contributed by atoms with Crippen LogP contribution in [0.3, 0.4) is 0 Å². The second-order valence-corrected chi connectivity index (χ2v) is 5.83. The summed E-state index contributed by atoms with van der Waals surface area (Å²) < 4.78 is 12.7. The zero-order chi connectivity index (χ0) is 13.5. The molecule has 1 heterocycles. The Morgan fingerprint density at radius 2 is 2.15 bits per heavy atom. The molecule has 2 N–H and O–H groups in total. The third-order valence-corrected chi connectivity index (χ3v) is 4.09. The van der Waals surface area contributed by atoms with Gasteiger partial charge in [0.05, 0.1) is 0 Å². The molecule has 1 aromatic rings. The van der Waals surface area contributed by atoms with Crippen molar-refractivity contribution in [1.82, 2.24) is 10.6 Å². The first-order valence-corrected chi connectivity index (χ1v) is 7.61. The van der Waals surface area contributed by atoms with E-state index >= 15 is 0 Å². The van der Waals surface area contributed by atoms with Crippen molar-refractivity contribution in [2.45, 2.75) is 30.2 Å². The Balaban J connectivity index is 0.00000200. The molecule has 20 heavy (non-hydrogen) atoms. The molecule has 1 saturated heterocycles. The molecule has 0 aliphatic carbocycles. The van der Waals surface area contributed by atoms with E-state index in [2.05, 4.69) is 10.6 Å². The van der Waals surface area contributed by atoms with Gasteiger partial charge in [0.25, 0.3) is 0 Å². The van der Waals surface area contributed by atoms with Crippen LogP contribution in [0.4, 0.5) is 4.39 Å². The number of carbonyl (C=O) groups is 1. The van der Waals surface area contributed by atoms with E-state index in [-0.39, 0.29) is 30.2 Å². The summed E-state index contributed by atoms with van der Waals surface area (Å²) >= 11 is 1.58. The van der Waals surface area contributed by atoms with Gasteiger partial charge in [-0.3, -0.25) is 4.79 Å². The van der Waals surface area contributed by atoms with Crippen LogP contribution >= 0.6 is 24.2 Å². The molecule has 0 aromatic heterocycles. The van der Waals surface area contributed by atoms with Gasteiger partial charge in [-0.05, 0) is 43.7 Å². The van der Waals surface area contributed by atoms with Crippen molar-refractivity contribution in [3.8, 4) is 0 Å². The Morgan fingerprint density at radius 3 is 2.80 bits per heavy atom. The lowest BCUT2D eigenvalue weighted by molar-refractivity contribution is -0.121. The van der Waals surface area contributed by atoms with Crippen molar-refractivity contribution in [1.29, 1.82) is 0 Å².